The molecule has 0 aliphatic carbocycles. The smallest absolute Gasteiger partial charge is 0.224 e. The molecule has 4 nitrogen and oxygen atoms in total. The fraction of sp³-hybridized carbons (Fsp3) is 0.625. The quantitative estimate of drug-likeness (QED) is 0.559. The molecule has 0 unspecified atom stereocenters. The van der Waals surface area contributed by atoms with Gasteiger partial charge in [0.1, 0.15) is 0 Å². The second-order valence-electron chi connectivity index (χ2n) is 2.77. The number of ether oxygens (including phenoxy) is 1. The molecule has 68 valence electrons. The van der Waals surface area contributed by atoms with Crippen molar-refractivity contribution in [2.45, 2.75) is 18.6 Å². The summed E-state index contributed by atoms with van der Waals surface area (Å²) in [6.07, 6.45) is 1.24. The molecule has 0 aromatic heterocycles. The number of hydrogen-bond donors (Lipinski definition) is 2. The first-order chi connectivity index (χ1) is 5.74. The van der Waals surface area contributed by atoms with Crippen LogP contribution in [0.4, 0.5) is 0 Å². The number of aliphatic hydroxyl groups is 1. The SMILES string of the molecule is C=CCC(=O)N[C@@H]1COC[C@H]1O. The highest BCUT2D eigenvalue weighted by Gasteiger charge is 2.26. The molecular weight excluding hydrogens is 158 g/mol. The highest BCUT2D eigenvalue weighted by Crippen LogP contribution is 2.04. The maximum atomic E-state index is 11.0. The third kappa shape index (κ3) is 2.32. The fourth-order valence-corrected chi connectivity index (χ4v) is 1.08. The van der Waals surface area contributed by atoms with Crippen LogP contribution in [-0.4, -0.2) is 36.4 Å². The maximum Gasteiger partial charge on any atom is 0.224 e. The second kappa shape index (κ2) is 4.23. The lowest BCUT2D eigenvalue weighted by molar-refractivity contribution is -0.121. The van der Waals surface area contributed by atoms with Crippen molar-refractivity contribution in [3.05, 3.63) is 12.7 Å². The van der Waals surface area contributed by atoms with E-state index in [9.17, 15) is 9.90 Å². The van der Waals surface area contributed by atoms with Gasteiger partial charge in [0.05, 0.1) is 25.4 Å². The maximum absolute atomic E-state index is 11.0. The molecule has 0 radical (unpaired) electrons. The molecule has 2 atom stereocenters. The third-order valence-corrected chi connectivity index (χ3v) is 1.73. The van der Waals surface area contributed by atoms with Crippen molar-refractivity contribution >= 4 is 5.91 Å². The molecule has 0 spiro atoms. The van der Waals surface area contributed by atoms with Crippen LogP contribution in [0.5, 0.6) is 0 Å². The molecule has 4 heteroatoms. The first-order valence-electron chi connectivity index (χ1n) is 3.90. The predicted octanol–water partition coefficient (Wildman–Crippen LogP) is -0.562. The predicted molar refractivity (Wildman–Crippen MR) is 43.6 cm³/mol. The van der Waals surface area contributed by atoms with Gasteiger partial charge in [0.2, 0.25) is 5.91 Å². The van der Waals surface area contributed by atoms with Crippen molar-refractivity contribution in [3.63, 3.8) is 0 Å². The Balaban J connectivity index is 2.29. The molecule has 1 rings (SSSR count). The largest absolute Gasteiger partial charge is 0.388 e. The molecule has 12 heavy (non-hydrogen) atoms. The molecule has 1 amide bonds. The van der Waals surface area contributed by atoms with Gasteiger partial charge in [-0.25, -0.2) is 0 Å². The van der Waals surface area contributed by atoms with E-state index in [4.69, 9.17) is 4.74 Å². The van der Waals surface area contributed by atoms with Crippen LogP contribution in [-0.2, 0) is 9.53 Å². The van der Waals surface area contributed by atoms with Crippen LogP contribution in [0.15, 0.2) is 12.7 Å². The zero-order chi connectivity index (χ0) is 8.97. The van der Waals surface area contributed by atoms with Crippen LogP contribution in [0, 0.1) is 0 Å². The lowest BCUT2D eigenvalue weighted by Crippen LogP contribution is -2.42. The number of amides is 1. The van der Waals surface area contributed by atoms with E-state index >= 15 is 0 Å². The van der Waals surface area contributed by atoms with E-state index < -0.39 is 6.10 Å². The molecule has 1 saturated heterocycles. The molecule has 0 bridgehead atoms. The minimum Gasteiger partial charge on any atom is -0.388 e. The van der Waals surface area contributed by atoms with E-state index in [1.807, 2.05) is 0 Å². The summed E-state index contributed by atoms with van der Waals surface area (Å²) < 4.78 is 4.96. The Morgan fingerprint density at radius 2 is 2.50 bits per heavy atom. The number of carbonyl (C=O) groups is 1. The van der Waals surface area contributed by atoms with Crippen molar-refractivity contribution in [1.82, 2.24) is 5.32 Å². The Morgan fingerprint density at radius 1 is 1.75 bits per heavy atom. The monoisotopic (exact) mass is 171 g/mol. The fourth-order valence-electron chi connectivity index (χ4n) is 1.08. The summed E-state index contributed by atoms with van der Waals surface area (Å²) in [5.74, 6) is -0.125. The van der Waals surface area contributed by atoms with Crippen LogP contribution >= 0.6 is 0 Å². The minimum atomic E-state index is -0.571. The standard InChI is InChI=1S/C8H13NO3/c1-2-3-8(11)9-6-4-12-5-7(6)10/h2,6-7,10H,1,3-5H2,(H,9,11)/t6-,7-/m1/s1. The summed E-state index contributed by atoms with van der Waals surface area (Å²) >= 11 is 0. The summed E-state index contributed by atoms with van der Waals surface area (Å²) in [5.41, 5.74) is 0. The Labute approximate surface area is 71.2 Å². The van der Waals surface area contributed by atoms with Gasteiger partial charge in [0, 0.05) is 6.42 Å². The number of hydrogen-bond acceptors (Lipinski definition) is 3. The van der Waals surface area contributed by atoms with E-state index in [2.05, 4.69) is 11.9 Å². The van der Waals surface area contributed by atoms with Gasteiger partial charge in [-0.15, -0.1) is 6.58 Å². The normalized spacial score (nSPS) is 28.4. The van der Waals surface area contributed by atoms with Crippen molar-refractivity contribution < 1.29 is 14.6 Å². The lowest BCUT2D eigenvalue weighted by Gasteiger charge is -2.13. The van der Waals surface area contributed by atoms with Crippen molar-refractivity contribution in [1.29, 1.82) is 0 Å². The summed E-state index contributed by atoms with van der Waals surface area (Å²) in [6.45, 7) is 4.14. The molecule has 0 saturated carbocycles. The van der Waals surface area contributed by atoms with Gasteiger partial charge in [0.25, 0.3) is 0 Å². The second-order valence-corrected chi connectivity index (χ2v) is 2.77. The van der Waals surface area contributed by atoms with Crippen LogP contribution < -0.4 is 5.32 Å². The van der Waals surface area contributed by atoms with E-state index in [0.29, 0.717) is 13.2 Å². The van der Waals surface area contributed by atoms with Gasteiger partial charge in [-0.05, 0) is 0 Å². The van der Waals surface area contributed by atoms with Crippen molar-refractivity contribution in [2.24, 2.45) is 0 Å². The molecule has 0 aromatic carbocycles. The van der Waals surface area contributed by atoms with Gasteiger partial charge >= 0.3 is 0 Å². The number of rotatable bonds is 3. The van der Waals surface area contributed by atoms with Crippen LogP contribution in [0.25, 0.3) is 0 Å². The molecule has 1 aliphatic rings. The summed E-state index contributed by atoms with van der Waals surface area (Å²) in [4.78, 5) is 11.0. The van der Waals surface area contributed by atoms with E-state index in [0.717, 1.165) is 0 Å². The highest BCUT2D eigenvalue weighted by atomic mass is 16.5. The molecule has 1 fully saturated rings. The summed E-state index contributed by atoms with van der Waals surface area (Å²) in [7, 11) is 0. The zero-order valence-electron chi connectivity index (χ0n) is 6.82. The molecule has 2 N–H and O–H groups in total. The Kier molecular flexibility index (Phi) is 3.25. The average molecular weight is 171 g/mol. The van der Waals surface area contributed by atoms with Gasteiger partial charge in [-0.1, -0.05) is 6.08 Å². The lowest BCUT2D eigenvalue weighted by atomic mass is 10.2. The Morgan fingerprint density at radius 3 is 3.00 bits per heavy atom. The number of carbonyl (C=O) groups excluding carboxylic acids is 1. The van der Waals surface area contributed by atoms with E-state index in [-0.39, 0.29) is 18.4 Å². The highest BCUT2D eigenvalue weighted by molar-refractivity contribution is 5.77. The van der Waals surface area contributed by atoms with Gasteiger partial charge in [-0.3, -0.25) is 4.79 Å². The topological polar surface area (TPSA) is 58.6 Å². The first-order valence-corrected chi connectivity index (χ1v) is 3.90. The third-order valence-electron chi connectivity index (χ3n) is 1.73. The summed E-state index contributed by atoms with van der Waals surface area (Å²) in [6, 6.07) is -0.252. The van der Waals surface area contributed by atoms with Gasteiger partial charge in [-0.2, -0.15) is 0 Å². The van der Waals surface area contributed by atoms with Crippen molar-refractivity contribution in [2.75, 3.05) is 13.2 Å². The average Bonchev–Trinajstić information content (AvgIpc) is 2.37. The Bertz CT molecular complexity index is 181. The minimum absolute atomic E-state index is 0.125. The molecule has 1 heterocycles. The van der Waals surface area contributed by atoms with E-state index in [1.54, 1.807) is 0 Å². The molecular formula is C8H13NO3. The number of aliphatic hydroxyl groups excluding tert-OH is 1. The van der Waals surface area contributed by atoms with Crippen LogP contribution in [0.1, 0.15) is 6.42 Å². The number of nitrogens with one attached hydrogen (secondary N) is 1. The Hall–Kier alpha value is -0.870. The van der Waals surface area contributed by atoms with Crippen LogP contribution in [0.2, 0.25) is 0 Å². The zero-order valence-corrected chi connectivity index (χ0v) is 6.82. The van der Waals surface area contributed by atoms with Crippen molar-refractivity contribution in [3.8, 4) is 0 Å². The van der Waals surface area contributed by atoms with Crippen LogP contribution in [0.3, 0.4) is 0 Å². The van der Waals surface area contributed by atoms with E-state index in [1.165, 1.54) is 6.08 Å². The van der Waals surface area contributed by atoms with Gasteiger partial charge in [0.15, 0.2) is 0 Å². The van der Waals surface area contributed by atoms with Gasteiger partial charge < -0.3 is 15.2 Å². The summed E-state index contributed by atoms with van der Waals surface area (Å²) in [5, 5.41) is 11.9. The molecule has 0 aromatic rings. The molecule has 1 aliphatic heterocycles. The first kappa shape index (κ1) is 9.22.